The molecule has 2 N–H and O–H groups in total. The van der Waals surface area contributed by atoms with Gasteiger partial charge in [-0.15, -0.1) is 0 Å². The summed E-state index contributed by atoms with van der Waals surface area (Å²) < 4.78 is 38.9. The van der Waals surface area contributed by atoms with Crippen molar-refractivity contribution in [2.45, 2.75) is 39.5 Å². The zero-order chi connectivity index (χ0) is 13.7. The van der Waals surface area contributed by atoms with E-state index in [-0.39, 0.29) is 12.0 Å². The third kappa shape index (κ3) is 11.3. The summed E-state index contributed by atoms with van der Waals surface area (Å²) in [6, 6.07) is 0. The lowest BCUT2D eigenvalue weighted by molar-refractivity contribution is -0.160. The molecule has 1 atom stereocenters. The van der Waals surface area contributed by atoms with Gasteiger partial charge in [-0.1, -0.05) is 20.8 Å². The first-order chi connectivity index (χ1) is 7.49. The van der Waals surface area contributed by atoms with Gasteiger partial charge < -0.3 is 15.2 Å². The molecule has 17 heavy (non-hydrogen) atoms. The third-order valence-electron chi connectivity index (χ3n) is 1.70. The summed E-state index contributed by atoms with van der Waals surface area (Å²) in [5.74, 6) is 0. The lowest BCUT2D eigenvalue weighted by Gasteiger charge is -2.22. The molecular formula is C10H18F3NO3. The Balaban J connectivity index is 3.78. The van der Waals surface area contributed by atoms with Crippen molar-refractivity contribution in [3.8, 4) is 0 Å². The zero-order valence-corrected chi connectivity index (χ0v) is 10.1. The van der Waals surface area contributed by atoms with Gasteiger partial charge in [-0.2, -0.15) is 13.2 Å². The molecule has 0 spiro atoms. The number of alkyl halides is 3. The van der Waals surface area contributed by atoms with Gasteiger partial charge in [0.05, 0.1) is 6.10 Å². The molecule has 0 aliphatic heterocycles. The highest BCUT2D eigenvalue weighted by molar-refractivity contribution is 5.67. The van der Waals surface area contributed by atoms with Crippen LogP contribution in [0, 0.1) is 5.41 Å². The van der Waals surface area contributed by atoms with Crippen LogP contribution in [0.25, 0.3) is 0 Å². The number of rotatable bonds is 4. The lowest BCUT2D eigenvalue weighted by atomic mass is 9.89. The van der Waals surface area contributed by atoms with Crippen molar-refractivity contribution in [3.05, 3.63) is 0 Å². The quantitative estimate of drug-likeness (QED) is 0.810. The van der Waals surface area contributed by atoms with E-state index >= 15 is 0 Å². The summed E-state index contributed by atoms with van der Waals surface area (Å²) >= 11 is 0. The van der Waals surface area contributed by atoms with Gasteiger partial charge in [0, 0.05) is 6.54 Å². The SMILES string of the molecule is CC(C)(C)CC(O)CNC(=O)OCC(F)(F)F. The first kappa shape index (κ1) is 16.0. The molecule has 0 saturated heterocycles. The maximum absolute atomic E-state index is 11.7. The second-order valence-corrected chi connectivity index (χ2v) is 4.99. The highest BCUT2D eigenvalue weighted by Gasteiger charge is 2.29. The van der Waals surface area contributed by atoms with Gasteiger partial charge in [-0.25, -0.2) is 4.79 Å². The van der Waals surface area contributed by atoms with E-state index in [4.69, 9.17) is 0 Å². The molecule has 0 radical (unpaired) electrons. The standard InChI is InChI=1S/C10H18F3NO3/c1-9(2,3)4-7(15)5-14-8(16)17-6-10(11,12)13/h7,15H,4-6H2,1-3H3,(H,14,16). The highest BCUT2D eigenvalue weighted by atomic mass is 19.4. The molecule has 0 aliphatic carbocycles. The number of hydrogen-bond acceptors (Lipinski definition) is 3. The number of aliphatic hydroxyl groups excluding tert-OH is 1. The van der Waals surface area contributed by atoms with Gasteiger partial charge in [0.1, 0.15) is 0 Å². The van der Waals surface area contributed by atoms with Gasteiger partial charge in [-0.05, 0) is 11.8 Å². The van der Waals surface area contributed by atoms with Crippen LogP contribution in [0.4, 0.5) is 18.0 Å². The molecule has 4 nitrogen and oxygen atoms in total. The van der Waals surface area contributed by atoms with E-state index in [1.807, 2.05) is 20.8 Å². The molecule has 0 saturated carbocycles. The fourth-order valence-electron chi connectivity index (χ4n) is 1.18. The smallest absolute Gasteiger partial charge is 0.422 e. The van der Waals surface area contributed by atoms with Crippen LogP contribution in [-0.4, -0.2) is 36.6 Å². The lowest BCUT2D eigenvalue weighted by Crippen LogP contribution is -2.36. The monoisotopic (exact) mass is 257 g/mol. The molecule has 0 heterocycles. The van der Waals surface area contributed by atoms with E-state index in [1.54, 1.807) is 0 Å². The van der Waals surface area contributed by atoms with Crippen LogP contribution in [0.15, 0.2) is 0 Å². The molecule has 0 aliphatic rings. The summed E-state index contributed by atoms with van der Waals surface area (Å²) in [6.07, 6.45) is -6.11. The molecule has 0 rings (SSSR count). The second kappa shape index (κ2) is 6.09. The first-order valence-corrected chi connectivity index (χ1v) is 5.15. The van der Waals surface area contributed by atoms with Gasteiger partial charge in [0.2, 0.25) is 0 Å². The molecule has 0 bridgehead atoms. The van der Waals surface area contributed by atoms with Crippen LogP contribution in [0.2, 0.25) is 0 Å². The fraction of sp³-hybridized carbons (Fsp3) is 0.900. The Hall–Kier alpha value is -0.980. The van der Waals surface area contributed by atoms with Gasteiger partial charge in [0.25, 0.3) is 0 Å². The number of aliphatic hydroxyl groups is 1. The van der Waals surface area contributed by atoms with Crippen molar-refractivity contribution >= 4 is 6.09 Å². The molecular weight excluding hydrogens is 239 g/mol. The Bertz CT molecular complexity index is 248. The Morgan fingerprint density at radius 1 is 1.35 bits per heavy atom. The predicted molar refractivity (Wildman–Crippen MR) is 55.5 cm³/mol. The van der Waals surface area contributed by atoms with E-state index in [0.29, 0.717) is 6.42 Å². The number of carbonyl (C=O) groups is 1. The van der Waals surface area contributed by atoms with E-state index < -0.39 is 25.0 Å². The van der Waals surface area contributed by atoms with E-state index in [2.05, 4.69) is 10.1 Å². The molecule has 7 heteroatoms. The molecule has 0 aromatic heterocycles. The van der Waals surface area contributed by atoms with Crippen molar-refractivity contribution in [2.75, 3.05) is 13.2 Å². The number of alkyl carbamates (subject to hydrolysis) is 1. The summed E-state index contributed by atoms with van der Waals surface area (Å²) in [7, 11) is 0. The van der Waals surface area contributed by atoms with Crippen molar-refractivity contribution in [2.24, 2.45) is 5.41 Å². The molecule has 102 valence electrons. The highest BCUT2D eigenvalue weighted by Crippen LogP contribution is 2.20. The predicted octanol–water partition coefficient (Wildman–Crippen LogP) is 2.07. The molecule has 0 aromatic carbocycles. The third-order valence-corrected chi connectivity index (χ3v) is 1.70. The Morgan fingerprint density at radius 2 is 1.88 bits per heavy atom. The number of nitrogens with one attached hydrogen (secondary N) is 1. The summed E-state index contributed by atoms with van der Waals surface area (Å²) in [6.45, 7) is 3.94. The Labute approximate surface area is 98.1 Å². The van der Waals surface area contributed by atoms with Crippen LogP contribution >= 0.6 is 0 Å². The average molecular weight is 257 g/mol. The van der Waals surface area contributed by atoms with Crippen molar-refractivity contribution in [3.63, 3.8) is 0 Å². The summed E-state index contributed by atoms with van der Waals surface area (Å²) in [5, 5.41) is 11.5. The molecule has 0 aromatic rings. The van der Waals surface area contributed by atoms with Crippen molar-refractivity contribution in [1.29, 1.82) is 0 Å². The Kier molecular flexibility index (Phi) is 5.74. The van der Waals surface area contributed by atoms with Crippen LogP contribution < -0.4 is 5.32 Å². The first-order valence-electron chi connectivity index (χ1n) is 5.15. The minimum Gasteiger partial charge on any atom is -0.440 e. The number of hydrogen-bond donors (Lipinski definition) is 2. The topological polar surface area (TPSA) is 58.6 Å². The number of amides is 1. The van der Waals surface area contributed by atoms with Gasteiger partial charge in [0.15, 0.2) is 6.61 Å². The number of halogens is 3. The minimum atomic E-state index is -4.54. The van der Waals surface area contributed by atoms with E-state index in [0.717, 1.165) is 0 Å². The summed E-state index contributed by atoms with van der Waals surface area (Å²) in [5.41, 5.74) is -0.128. The maximum Gasteiger partial charge on any atom is 0.422 e. The van der Waals surface area contributed by atoms with Crippen molar-refractivity contribution < 1.29 is 27.8 Å². The maximum atomic E-state index is 11.7. The largest absolute Gasteiger partial charge is 0.440 e. The second-order valence-electron chi connectivity index (χ2n) is 4.99. The van der Waals surface area contributed by atoms with Crippen LogP contribution in [-0.2, 0) is 4.74 Å². The number of ether oxygens (including phenoxy) is 1. The zero-order valence-electron chi connectivity index (χ0n) is 10.1. The minimum absolute atomic E-state index is 0.128. The summed E-state index contributed by atoms with van der Waals surface area (Å²) in [4.78, 5) is 10.8. The van der Waals surface area contributed by atoms with Crippen LogP contribution in [0.5, 0.6) is 0 Å². The van der Waals surface area contributed by atoms with E-state index in [9.17, 15) is 23.1 Å². The van der Waals surface area contributed by atoms with Crippen molar-refractivity contribution in [1.82, 2.24) is 5.32 Å². The van der Waals surface area contributed by atoms with Gasteiger partial charge >= 0.3 is 12.3 Å². The van der Waals surface area contributed by atoms with Crippen LogP contribution in [0.1, 0.15) is 27.2 Å². The Morgan fingerprint density at radius 3 is 2.29 bits per heavy atom. The van der Waals surface area contributed by atoms with Gasteiger partial charge in [-0.3, -0.25) is 0 Å². The molecule has 0 fully saturated rings. The molecule has 1 unspecified atom stereocenters. The fourth-order valence-corrected chi connectivity index (χ4v) is 1.18. The van der Waals surface area contributed by atoms with Crippen LogP contribution in [0.3, 0.4) is 0 Å². The normalized spacial score (nSPS) is 14.3. The number of carbonyl (C=O) groups excluding carboxylic acids is 1. The molecule has 1 amide bonds. The van der Waals surface area contributed by atoms with E-state index in [1.165, 1.54) is 0 Å². The average Bonchev–Trinajstić information content (AvgIpc) is 2.07.